The van der Waals surface area contributed by atoms with Gasteiger partial charge >= 0.3 is 0 Å². The number of halogens is 1. The molecule has 0 fully saturated rings. The molecule has 1 aromatic heterocycles. The second-order valence-electron chi connectivity index (χ2n) is 7.29. The summed E-state index contributed by atoms with van der Waals surface area (Å²) in [6.07, 6.45) is 1.86. The summed E-state index contributed by atoms with van der Waals surface area (Å²) < 4.78 is 33.5. The predicted molar refractivity (Wildman–Crippen MR) is 128 cm³/mol. The Bertz CT molecular complexity index is 1230. The summed E-state index contributed by atoms with van der Waals surface area (Å²) in [4.78, 5) is 17.3. The molecule has 3 aromatic rings. The van der Waals surface area contributed by atoms with Crippen molar-refractivity contribution in [3.05, 3.63) is 52.8 Å². The number of hydrogen-bond donors (Lipinski definition) is 1. The van der Waals surface area contributed by atoms with E-state index in [1.807, 2.05) is 30.5 Å². The van der Waals surface area contributed by atoms with E-state index in [2.05, 4.69) is 31.4 Å². The third-order valence-corrected chi connectivity index (χ3v) is 7.66. The van der Waals surface area contributed by atoms with Crippen molar-refractivity contribution in [2.75, 3.05) is 18.6 Å². The van der Waals surface area contributed by atoms with Gasteiger partial charge in [-0.1, -0.05) is 47.1 Å². The molecule has 11 heteroatoms. The van der Waals surface area contributed by atoms with Crippen LogP contribution < -0.4 is 5.32 Å². The maximum Gasteiger partial charge on any atom is 0.243 e. The van der Waals surface area contributed by atoms with Crippen molar-refractivity contribution >= 4 is 49.3 Å². The molecule has 2 aromatic carbocycles. The molecule has 0 aliphatic heterocycles. The Hall–Kier alpha value is -2.21. The topological polar surface area (TPSA) is 105 Å². The normalized spacial score (nSPS) is 11.8. The van der Waals surface area contributed by atoms with Crippen LogP contribution in [0.1, 0.15) is 19.7 Å². The van der Waals surface area contributed by atoms with Crippen LogP contribution in [0.5, 0.6) is 0 Å². The number of rotatable bonds is 8. The fourth-order valence-corrected chi connectivity index (χ4v) is 4.82. The fraction of sp³-hybridized carbons (Fsp3) is 0.286. The molecule has 3 rings (SSSR count). The first-order chi connectivity index (χ1) is 15.1. The van der Waals surface area contributed by atoms with Crippen LogP contribution in [0.3, 0.4) is 0 Å². The quantitative estimate of drug-likeness (QED) is 0.416. The molecule has 0 aliphatic carbocycles. The van der Waals surface area contributed by atoms with Crippen LogP contribution in [-0.4, -0.2) is 42.1 Å². The minimum atomic E-state index is -3.87. The van der Waals surface area contributed by atoms with E-state index < -0.39 is 10.0 Å². The van der Waals surface area contributed by atoms with Gasteiger partial charge in [-0.3, -0.25) is 4.79 Å². The van der Waals surface area contributed by atoms with E-state index in [0.29, 0.717) is 11.5 Å². The van der Waals surface area contributed by atoms with E-state index in [-0.39, 0.29) is 29.2 Å². The Labute approximate surface area is 200 Å². The van der Waals surface area contributed by atoms with E-state index in [1.165, 1.54) is 30.9 Å². The molecule has 1 heterocycles. The van der Waals surface area contributed by atoms with Gasteiger partial charge in [0, 0.05) is 27.9 Å². The van der Waals surface area contributed by atoms with Crippen molar-refractivity contribution in [3.8, 4) is 11.4 Å². The lowest BCUT2D eigenvalue weighted by Crippen LogP contribution is -2.27. The number of carbonyl (C=O) groups excluding carboxylic acids is 1. The first kappa shape index (κ1) is 24.4. The number of carbonyl (C=O) groups is 1. The summed E-state index contributed by atoms with van der Waals surface area (Å²) in [6, 6.07) is 12.1. The monoisotopic (exact) mass is 538 g/mol. The molecule has 8 nitrogen and oxygen atoms in total. The number of nitrogens with zero attached hydrogens (tertiary/aromatic N) is 3. The van der Waals surface area contributed by atoms with E-state index in [4.69, 9.17) is 4.52 Å². The number of aromatic nitrogens is 2. The highest BCUT2D eigenvalue weighted by atomic mass is 79.9. The van der Waals surface area contributed by atoms with Crippen LogP contribution >= 0.6 is 27.7 Å². The molecule has 1 amide bonds. The Balaban J connectivity index is 1.82. The number of anilines is 1. The molecule has 1 N–H and O–H groups in total. The summed E-state index contributed by atoms with van der Waals surface area (Å²) >= 11 is 4.82. The third-order valence-electron chi connectivity index (χ3n) is 4.57. The zero-order chi connectivity index (χ0) is 23.5. The van der Waals surface area contributed by atoms with E-state index in [0.717, 1.165) is 19.2 Å². The van der Waals surface area contributed by atoms with Gasteiger partial charge in [0.15, 0.2) is 0 Å². The smallest absolute Gasteiger partial charge is 0.243 e. The molecule has 32 heavy (non-hydrogen) atoms. The van der Waals surface area contributed by atoms with Crippen LogP contribution in [-0.2, 0) is 21.4 Å². The van der Waals surface area contributed by atoms with Crippen LogP contribution in [0.4, 0.5) is 5.69 Å². The van der Waals surface area contributed by atoms with Gasteiger partial charge in [0.25, 0.3) is 0 Å². The summed E-state index contributed by atoms with van der Waals surface area (Å²) in [6.45, 7) is 3.45. The summed E-state index contributed by atoms with van der Waals surface area (Å²) in [5, 5.41) is 6.74. The minimum absolute atomic E-state index is 0.0589. The van der Waals surface area contributed by atoms with Gasteiger partial charge in [-0.05, 0) is 36.6 Å². The molecule has 0 aliphatic rings. The SMILES string of the molecule is CSc1ccc(S(=O)(=O)N(C)Cc2nc(-c3cccc(Br)c3)no2)cc1NC(=O)C(C)C. The zero-order valence-electron chi connectivity index (χ0n) is 18.0. The highest BCUT2D eigenvalue weighted by Gasteiger charge is 2.25. The maximum absolute atomic E-state index is 13.1. The molecule has 0 radical (unpaired) electrons. The molecule has 0 saturated heterocycles. The van der Waals surface area contributed by atoms with Crippen LogP contribution in [0, 0.1) is 5.92 Å². The Morgan fingerprint density at radius 3 is 2.66 bits per heavy atom. The van der Waals surface area contributed by atoms with Crippen molar-refractivity contribution in [1.82, 2.24) is 14.4 Å². The summed E-state index contributed by atoms with van der Waals surface area (Å²) in [5.41, 5.74) is 1.21. The molecule has 0 bridgehead atoms. The predicted octanol–water partition coefficient (Wildman–Crippen LogP) is 4.64. The van der Waals surface area contributed by atoms with Crippen molar-refractivity contribution in [3.63, 3.8) is 0 Å². The van der Waals surface area contributed by atoms with Gasteiger partial charge in [-0.25, -0.2) is 8.42 Å². The fourth-order valence-electron chi connectivity index (χ4n) is 2.74. The lowest BCUT2D eigenvalue weighted by Gasteiger charge is -2.17. The Morgan fingerprint density at radius 1 is 1.25 bits per heavy atom. The molecular formula is C21H23BrN4O4S2. The number of thioether (sulfide) groups is 1. The third kappa shape index (κ3) is 5.58. The Morgan fingerprint density at radius 2 is 2.00 bits per heavy atom. The van der Waals surface area contributed by atoms with Gasteiger partial charge in [-0.2, -0.15) is 9.29 Å². The van der Waals surface area contributed by atoms with Gasteiger partial charge in [0.1, 0.15) is 0 Å². The standard InChI is InChI=1S/C21H23BrN4O4S2/c1-13(2)21(27)23-17-11-16(8-9-18(17)31-4)32(28,29)26(3)12-19-24-20(25-30-19)14-6-5-7-15(22)10-14/h5-11,13H,12H2,1-4H3,(H,23,27). The molecule has 0 spiro atoms. The van der Waals surface area contributed by atoms with Gasteiger partial charge < -0.3 is 9.84 Å². The molecule has 0 unspecified atom stereocenters. The second kappa shape index (κ2) is 10.2. The summed E-state index contributed by atoms with van der Waals surface area (Å²) in [7, 11) is -2.43. The van der Waals surface area contributed by atoms with Crippen molar-refractivity contribution < 1.29 is 17.7 Å². The van der Waals surface area contributed by atoms with Gasteiger partial charge in [0.2, 0.25) is 27.6 Å². The number of sulfonamides is 1. The second-order valence-corrected chi connectivity index (χ2v) is 11.1. The van der Waals surface area contributed by atoms with Crippen LogP contribution in [0.25, 0.3) is 11.4 Å². The molecule has 0 saturated carbocycles. The largest absolute Gasteiger partial charge is 0.338 e. The summed E-state index contributed by atoms with van der Waals surface area (Å²) in [5.74, 6) is 0.119. The average Bonchev–Trinajstić information content (AvgIpc) is 3.22. The highest BCUT2D eigenvalue weighted by Crippen LogP contribution is 2.30. The lowest BCUT2D eigenvalue weighted by molar-refractivity contribution is -0.118. The minimum Gasteiger partial charge on any atom is -0.338 e. The van der Waals surface area contributed by atoms with Crippen molar-refractivity contribution in [2.24, 2.45) is 5.92 Å². The molecule has 0 atom stereocenters. The molecular weight excluding hydrogens is 516 g/mol. The van der Waals surface area contributed by atoms with E-state index in [9.17, 15) is 13.2 Å². The van der Waals surface area contributed by atoms with Gasteiger partial charge in [0.05, 0.1) is 17.1 Å². The highest BCUT2D eigenvalue weighted by molar-refractivity contribution is 9.10. The van der Waals surface area contributed by atoms with Crippen molar-refractivity contribution in [1.29, 1.82) is 0 Å². The van der Waals surface area contributed by atoms with Gasteiger partial charge in [-0.15, -0.1) is 11.8 Å². The van der Waals surface area contributed by atoms with E-state index in [1.54, 1.807) is 19.9 Å². The van der Waals surface area contributed by atoms with Crippen LogP contribution in [0.15, 0.2) is 61.3 Å². The van der Waals surface area contributed by atoms with Crippen LogP contribution in [0.2, 0.25) is 0 Å². The maximum atomic E-state index is 13.1. The number of amides is 1. The first-order valence-electron chi connectivity index (χ1n) is 9.65. The molecule has 170 valence electrons. The number of hydrogen-bond acceptors (Lipinski definition) is 7. The van der Waals surface area contributed by atoms with Crippen molar-refractivity contribution in [2.45, 2.75) is 30.2 Å². The Kier molecular flexibility index (Phi) is 7.75. The number of nitrogens with one attached hydrogen (secondary N) is 1. The average molecular weight is 539 g/mol. The number of benzene rings is 2. The first-order valence-corrected chi connectivity index (χ1v) is 13.1. The zero-order valence-corrected chi connectivity index (χ0v) is 21.2. The van der Waals surface area contributed by atoms with E-state index >= 15 is 0 Å². The lowest BCUT2D eigenvalue weighted by atomic mass is 10.2.